The van der Waals surface area contributed by atoms with Gasteiger partial charge in [0.15, 0.2) is 0 Å². The number of ether oxygens (including phenoxy) is 1. The van der Waals surface area contributed by atoms with Gasteiger partial charge < -0.3 is 15.4 Å². The number of aromatic nitrogens is 1. The topological polar surface area (TPSA) is 83.6 Å². The number of carbonyl (C=O) groups is 2. The third kappa shape index (κ3) is 5.30. The molecule has 126 valence electrons. The number of amides is 2. The smallest absolute Gasteiger partial charge is 0.309 e. The second-order valence-electron chi connectivity index (χ2n) is 5.69. The second kappa shape index (κ2) is 8.59. The van der Waals surface area contributed by atoms with E-state index in [9.17, 15) is 9.59 Å². The zero-order chi connectivity index (χ0) is 16.7. The van der Waals surface area contributed by atoms with Crippen molar-refractivity contribution >= 4 is 11.8 Å². The summed E-state index contributed by atoms with van der Waals surface area (Å²) >= 11 is 0. The third-order valence-electron chi connectivity index (χ3n) is 3.97. The minimum atomic E-state index is -0.629. The lowest BCUT2D eigenvalue weighted by molar-refractivity contribution is -0.139. The van der Waals surface area contributed by atoms with Crippen LogP contribution in [-0.2, 0) is 14.3 Å². The first kappa shape index (κ1) is 17.4. The molecule has 1 fully saturated rings. The van der Waals surface area contributed by atoms with Gasteiger partial charge in [0.2, 0.25) is 0 Å². The Bertz CT molecular complexity index is 517. The molecule has 23 heavy (non-hydrogen) atoms. The molecule has 7 heteroatoms. The summed E-state index contributed by atoms with van der Waals surface area (Å²) in [5.41, 5.74) is 0.857. The van der Waals surface area contributed by atoms with Crippen molar-refractivity contribution in [3.63, 3.8) is 0 Å². The average molecular weight is 320 g/mol. The fourth-order valence-electron chi connectivity index (χ4n) is 2.45. The van der Waals surface area contributed by atoms with Gasteiger partial charge in [-0.3, -0.25) is 19.5 Å². The van der Waals surface area contributed by atoms with Gasteiger partial charge in [0, 0.05) is 38.1 Å². The number of nitrogens with one attached hydrogen (secondary N) is 2. The van der Waals surface area contributed by atoms with Crippen LogP contribution in [0.3, 0.4) is 0 Å². The van der Waals surface area contributed by atoms with Crippen LogP contribution < -0.4 is 10.6 Å². The molecule has 0 spiro atoms. The van der Waals surface area contributed by atoms with Crippen molar-refractivity contribution in [2.45, 2.75) is 25.9 Å². The number of rotatable bonds is 5. The largest absolute Gasteiger partial charge is 0.379 e. The number of nitrogens with zero attached hydrogens (tertiary/aromatic N) is 2. The molecular weight excluding hydrogens is 296 g/mol. The van der Waals surface area contributed by atoms with E-state index >= 15 is 0 Å². The monoisotopic (exact) mass is 320 g/mol. The molecule has 0 radical (unpaired) electrons. The second-order valence-corrected chi connectivity index (χ2v) is 5.69. The number of carbonyl (C=O) groups excluding carboxylic acids is 2. The van der Waals surface area contributed by atoms with Crippen LogP contribution in [0, 0.1) is 0 Å². The highest BCUT2D eigenvalue weighted by Gasteiger charge is 2.20. The van der Waals surface area contributed by atoms with E-state index in [1.165, 1.54) is 0 Å². The molecule has 2 N–H and O–H groups in total. The van der Waals surface area contributed by atoms with Crippen LogP contribution in [0.4, 0.5) is 0 Å². The molecule has 2 atom stereocenters. The van der Waals surface area contributed by atoms with Gasteiger partial charge in [-0.1, -0.05) is 6.07 Å². The van der Waals surface area contributed by atoms with E-state index < -0.39 is 11.8 Å². The molecule has 1 saturated heterocycles. The predicted octanol–water partition coefficient (Wildman–Crippen LogP) is 0.0957. The summed E-state index contributed by atoms with van der Waals surface area (Å²) in [7, 11) is 0. The van der Waals surface area contributed by atoms with Crippen LogP contribution in [0.15, 0.2) is 24.5 Å². The number of pyridine rings is 1. The Labute approximate surface area is 136 Å². The molecule has 2 rings (SSSR count). The van der Waals surface area contributed by atoms with Gasteiger partial charge in [0.1, 0.15) is 0 Å². The molecule has 1 aliphatic rings. The number of hydrogen-bond donors (Lipinski definition) is 2. The number of morpholine rings is 1. The molecule has 1 aromatic rings. The maximum absolute atomic E-state index is 11.9. The Hall–Kier alpha value is -1.99. The minimum absolute atomic E-state index is 0.173. The van der Waals surface area contributed by atoms with Gasteiger partial charge in [-0.2, -0.15) is 0 Å². The highest BCUT2D eigenvalue weighted by Crippen LogP contribution is 2.09. The maximum atomic E-state index is 11.9. The van der Waals surface area contributed by atoms with Crippen molar-refractivity contribution in [2.24, 2.45) is 0 Å². The Morgan fingerprint density at radius 2 is 2.04 bits per heavy atom. The molecule has 7 nitrogen and oxygen atoms in total. The standard InChI is InChI=1S/C16H24N4O3/c1-12(20-6-8-23-9-7-20)10-18-15(21)16(22)19-13(2)14-4-3-5-17-11-14/h3-5,11-13H,6-10H2,1-2H3,(H,18,21)(H,19,22)/t12-,13-/m0/s1. The van der Waals surface area contributed by atoms with Gasteiger partial charge in [0.05, 0.1) is 19.3 Å². The molecule has 0 unspecified atom stereocenters. The molecule has 1 aliphatic heterocycles. The highest BCUT2D eigenvalue weighted by atomic mass is 16.5. The van der Waals surface area contributed by atoms with E-state index in [0.29, 0.717) is 19.8 Å². The van der Waals surface area contributed by atoms with E-state index in [1.54, 1.807) is 18.5 Å². The first-order valence-corrected chi connectivity index (χ1v) is 7.88. The predicted molar refractivity (Wildman–Crippen MR) is 85.7 cm³/mol. The zero-order valence-electron chi connectivity index (χ0n) is 13.6. The fraction of sp³-hybridized carbons (Fsp3) is 0.562. The first-order valence-electron chi connectivity index (χ1n) is 7.88. The maximum Gasteiger partial charge on any atom is 0.309 e. The van der Waals surface area contributed by atoms with Gasteiger partial charge in [-0.15, -0.1) is 0 Å². The Morgan fingerprint density at radius 3 is 2.70 bits per heavy atom. The lowest BCUT2D eigenvalue weighted by Gasteiger charge is -2.32. The summed E-state index contributed by atoms with van der Waals surface area (Å²) in [4.78, 5) is 30.1. The van der Waals surface area contributed by atoms with E-state index in [1.807, 2.05) is 19.9 Å². The van der Waals surface area contributed by atoms with Gasteiger partial charge in [-0.25, -0.2) is 0 Å². The van der Waals surface area contributed by atoms with Crippen LogP contribution in [-0.4, -0.2) is 60.6 Å². The highest BCUT2D eigenvalue weighted by molar-refractivity contribution is 6.35. The summed E-state index contributed by atoms with van der Waals surface area (Å²) in [5, 5.41) is 5.36. The van der Waals surface area contributed by atoms with E-state index in [4.69, 9.17) is 4.74 Å². The van der Waals surface area contributed by atoms with E-state index in [2.05, 4.69) is 20.5 Å². The van der Waals surface area contributed by atoms with Gasteiger partial charge in [-0.05, 0) is 25.5 Å². The summed E-state index contributed by atoms with van der Waals surface area (Å²) in [6, 6.07) is 3.56. The molecule has 1 aromatic heterocycles. The van der Waals surface area contributed by atoms with Crippen LogP contribution in [0.25, 0.3) is 0 Å². The van der Waals surface area contributed by atoms with Gasteiger partial charge >= 0.3 is 11.8 Å². The average Bonchev–Trinajstić information content (AvgIpc) is 2.60. The van der Waals surface area contributed by atoms with Crippen LogP contribution in [0.5, 0.6) is 0 Å². The van der Waals surface area contributed by atoms with E-state index in [0.717, 1.165) is 18.7 Å². The van der Waals surface area contributed by atoms with Crippen LogP contribution in [0.1, 0.15) is 25.5 Å². The Morgan fingerprint density at radius 1 is 1.30 bits per heavy atom. The summed E-state index contributed by atoms with van der Waals surface area (Å²) in [6.07, 6.45) is 3.33. The number of hydrogen-bond acceptors (Lipinski definition) is 5. The van der Waals surface area contributed by atoms with Crippen molar-refractivity contribution in [1.82, 2.24) is 20.5 Å². The van der Waals surface area contributed by atoms with Crippen molar-refractivity contribution in [3.8, 4) is 0 Å². The lowest BCUT2D eigenvalue weighted by Crippen LogP contribution is -2.49. The van der Waals surface area contributed by atoms with Gasteiger partial charge in [0.25, 0.3) is 0 Å². The van der Waals surface area contributed by atoms with E-state index in [-0.39, 0.29) is 12.1 Å². The quantitative estimate of drug-likeness (QED) is 0.752. The van der Waals surface area contributed by atoms with Crippen molar-refractivity contribution in [1.29, 1.82) is 0 Å². The molecule has 0 aliphatic carbocycles. The normalized spacial score (nSPS) is 18.0. The lowest BCUT2D eigenvalue weighted by atomic mass is 10.1. The fourth-order valence-corrected chi connectivity index (χ4v) is 2.45. The summed E-state index contributed by atoms with van der Waals surface area (Å²) in [5.74, 6) is -1.24. The molecular formula is C16H24N4O3. The van der Waals surface area contributed by atoms with Crippen molar-refractivity contribution in [3.05, 3.63) is 30.1 Å². The Kier molecular flexibility index (Phi) is 6.49. The summed E-state index contributed by atoms with van der Waals surface area (Å²) < 4.78 is 5.30. The molecule has 2 amide bonds. The first-order chi connectivity index (χ1) is 11.1. The van der Waals surface area contributed by atoms with Crippen molar-refractivity contribution < 1.29 is 14.3 Å². The van der Waals surface area contributed by atoms with Crippen molar-refractivity contribution in [2.75, 3.05) is 32.8 Å². The molecule has 0 saturated carbocycles. The third-order valence-corrected chi connectivity index (χ3v) is 3.97. The molecule has 0 aromatic carbocycles. The molecule has 2 heterocycles. The summed E-state index contributed by atoms with van der Waals surface area (Å²) in [6.45, 7) is 7.40. The van der Waals surface area contributed by atoms with Crippen LogP contribution in [0.2, 0.25) is 0 Å². The minimum Gasteiger partial charge on any atom is -0.379 e. The zero-order valence-corrected chi connectivity index (χ0v) is 13.6. The van der Waals surface area contributed by atoms with Crippen LogP contribution >= 0.6 is 0 Å². The SMILES string of the molecule is C[C@H](NC(=O)C(=O)NC[C@H](C)N1CCOCC1)c1cccnc1. The Balaban J connectivity index is 1.75. The molecule has 0 bridgehead atoms.